The lowest BCUT2D eigenvalue weighted by atomic mass is 10.1. The summed E-state index contributed by atoms with van der Waals surface area (Å²) in [5.41, 5.74) is 5.40. The number of aliphatic carboxylic acids is 1. The zero-order chi connectivity index (χ0) is 10.0. The maximum absolute atomic E-state index is 10.5. The molecule has 70 valence electrons. The van der Waals surface area contributed by atoms with Crippen molar-refractivity contribution in [3.05, 3.63) is 28.8 Å². The van der Waals surface area contributed by atoms with Gasteiger partial charge >= 0.3 is 5.97 Å². The number of carboxylic acids is 1. The van der Waals surface area contributed by atoms with Gasteiger partial charge in [0.15, 0.2) is 0 Å². The van der Waals surface area contributed by atoms with Gasteiger partial charge in [0.05, 0.1) is 5.02 Å². The van der Waals surface area contributed by atoms with Crippen LogP contribution in [-0.4, -0.2) is 16.2 Å². The molecule has 0 fully saturated rings. The predicted molar refractivity (Wildman–Crippen MR) is 47.7 cm³/mol. The van der Waals surface area contributed by atoms with Crippen LogP contribution in [0.1, 0.15) is 11.6 Å². The van der Waals surface area contributed by atoms with Crippen molar-refractivity contribution >= 4 is 17.6 Å². The SMILES string of the molecule is N[C@@H](C(=O)O)c1cccc(Cl)c1O. The van der Waals surface area contributed by atoms with Crippen molar-refractivity contribution in [1.82, 2.24) is 0 Å². The van der Waals surface area contributed by atoms with Crippen molar-refractivity contribution in [2.24, 2.45) is 5.73 Å². The van der Waals surface area contributed by atoms with Gasteiger partial charge in [0.25, 0.3) is 0 Å². The minimum Gasteiger partial charge on any atom is -0.506 e. The van der Waals surface area contributed by atoms with E-state index in [-0.39, 0.29) is 16.3 Å². The van der Waals surface area contributed by atoms with Gasteiger partial charge in [0.1, 0.15) is 11.8 Å². The molecule has 0 aliphatic rings. The van der Waals surface area contributed by atoms with Crippen molar-refractivity contribution in [2.45, 2.75) is 6.04 Å². The van der Waals surface area contributed by atoms with Crippen LogP contribution < -0.4 is 5.73 Å². The Bertz CT molecular complexity index is 340. The van der Waals surface area contributed by atoms with Crippen LogP contribution in [0.15, 0.2) is 18.2 Å². The zero-order valence-corrected chi connectivity index (χ0v) is 7.32. The predicted octanol–water partition coefficient (Wildman–Crippen LogP) is 1.13. The number of para-hydroxylation sites is 1. The van der Waals surface area contributed by atoms with Crippen LogP contribution in [0.3, 0.4) is 0 Å². The molecule has 0 saturated carbocycles. The molecule has 1 aromatic rings. The number of hydrogen-bond donors (Lipinski definition) is 3. The second-order valence-electron chi connectivity index (χ2n) is 2.49. The van der Waals surface area contributed by atoms with Gasteiger partial charge in [-0.15, -0.1) is 0 Å². The largest absolute Gasteiger partial charge is 0.506 e. The number of benzene rings is 1. The van der Waals surface area contributed by atoms with Crippen LogP contribution in [0.5, 0.6) is 5.75 Å². The maximum Gasteiger partial charge on any atom is 0.325 e. The highest BCUT2D eigenvalue weighted by molar-refractivity contribution is 6.32. The Labute approximate surface area is 79.6 Å². The molecule has 1 rings (SSSR count). The molecule has 1 atom stereocenters. The first-order valence-corrected chi connectivity index (χ1v) is 3.87. The summed E-state index contributed by atoms with van der Waals surface area (Å²) in [7, 11) is 0. The molecule has 1 aromatic carbocycles. The second kappa shape index (κ2) is 3.64. The normalized spacial score (nSPS) is 12.5. The average molecular weight is 202 g/mol. The number of hydrogen-bond acceptors (Lipinski definition) is 3. The monoisotopic (exact) mass is 201 g/mol. The van der Waals surface area contributed by atoms with Crippen molar-refractivity contribution < 1.29 is 15.0 Å². The van der Waals surface area contributed by atoms with Gasteiger partial charge in [-0.1, -0.05) is 23.7 Å². The van der Waals surface area contributed by atoms with E-state index < -0.39 is 12.0 Å². The van der Waals surface area contributed by atoms with E-state index in [1.165, 1.54) is 18.2 Å². The number of carbonyl (C=O) groups is 1. The molecule has 0 aliphatic carbocycles. The van der Waals surface area contributed by atoms with Gasteiger partial charge in [-0.3, -0.25) is 4.79 Å². The molecule has 0 aromatic heterocycles. The molecule has 4 N–H and O–H groups in total. The Morgan fingerprint density at radius 1 is 1.54 bits per heavy atom. The molecule has 0 saturated heterocycles. The van der Waals surface area contributed by atoms with E-state index in [4.69, 9.17) is 22.4 Å². The number of halogens is 1. The van der Waals surface area contributed by atoms with Crippen LogP contribution in [0, 0.1) is 0 Å². The van der Waals surface area contributed by atoms with Crippen LogP contribution >= 0.6 is 11.6 Å². The highest BCUT2D eigenvalue weighted by Crippen LogP contribution is 2.30. The molecule has 4 nitrogen and oxygen atoms in total. The fraction of sp³-hybridized carbons (Fsp3) is 0.125. The summed E-state index contributed by atoms with van der Waals surface area (Å²) >= 11 is 5.56. The summed E-state index contributed by atoms with van der Waals surface area (Å²) in [6.07, 6.45) is 0. The number of phenolic OH excluding ortho intramolecular Hbond substituents is 1. The lowest BCUT2D eigenvalue weighted by molar-refractivity contribution is -0.138. The third-order valence-corrected chi connectivity index (χ3v) is 1.92. The number of rotatable bonds is 2. The molecular weight excluding hydrogens is 194 g/mol. The van der Waals surface area contributed by atoms with Crippen molar-refractivity contribution in [3.8, 4) is 5.75 Å². The topological polar surface area (TPSA) is 83.6 Å². The van der Waals surface area contributed by atoms with E-state index >= 15 is 0 Å². The number of nitrogens with two attached hydrogens (primary N) is 1. The van der Waals surface area contributed by atoms with E-state index in [0.717, 1.165) is 0 Å². The summed E-state index contributed by atoms with van der Waals surface area (Å²) in [4.78, 5) is 10.5. The van der Waals surface area contributed by atoms with Crippen LogP contribution in [0.2, 0.25) is 5.02 Å². The molecule has 0 aliphatic heterocycles. The van der Waals surface area contributed by atoms with Crippen molar-refractivity contribution in [1.29, 1.82) is 0 Å². The first kappa shape index (κ1) is 9.83. The lowest BCUT2D eigenvalue weighted by Gasteiger charge is -2.09. The van der Waals surface area contributed by atoms with Crippen LogP contribution in [0.4, 0.5) is 0 Å². The maximum atomic E-state index is 10.5. The van der Waals surface area contributed by atoms with Crippen molar-refractivity contribution in [3.63, 3.8) is 0 Å². The summed E-state index contributed by atoms with van der Waals surface area (Å²) in [6, 6.07) is 3.15. The van der Waals surface area contributed by atoms with Gasteiger partial charge in [-0.05, 0) is 6.07 Å². The average Bonchev–Trinajstić information content (AvgIpc) is 2.08. The second-order valence-corrected chi connectivity index (χ2v) is 2.90. The third kappa shape index (κ3) is 1.91. The molecule has 0 amide bonds. The summed E-state index contributed by atoms with van der Waals surface area (Å²) in [6.45, 7) is 0. The molecule has 0 radical (unpaired) electrons. The summed E-state index contributed by atoms with van der Waals surface area (Å²) in [5.74, 6) is -1.49. The molecule has 13 heavy (non-hydrogen) atoms. The first-order chi connectivity index (χ1) is 6.04. The minimum absolute atomic E-state index is 0.0919. The first-order valence-electron chi connectivity index (χ1n) is 3.50. The van der Waals surface area contributed by atoms with E-state index in [1.54, 1.807) is 0 Å². The molecule has 5 heteroatoms. The van der Waals surface area contributed by atoms with Gasteiger partial charge in [-0.2, -0.15) is 0 Å². The molecule has 0 unspecified atom stereocenters. The molecule has 0 bridgehead atoms. The molecule has 0 spiro atoms. The highest BCUT2D eigenvalue weighted by Gasteiger charge is 2.18. The van der Waals surface area contributed by atoms with Gasteiger partial charge in [-0.25, -0.2) is 0 Å². The molecule has 0 heterocycles. The van der Waals surface area contributed by atoms with Crippen LogP contribution in [0.25, 0.3) is 0 Å². The Morgan fingerprint density at radius 3 is 2.69 bits per heavy atom. The standard InChI is InChI=1S/C8H8ClNO3/c9-5-3-1-2-4(7(5)11)6(10)8(12)13/h1-3,6,11H,10H2,(H,12,13)/t6-/m1/s1. The van der Waals surface area contributed by atoms with Gasteiger partial charge in [0, 0.05) is 5.56 Å². The van der Waals surface area contributed by atoms with E-state index in [0.29, 0.717) is 0 Å². The lowest BCUT2D eigenvalue weighted by Crippen LogP contribution is -2.20. The number of carboxylic acid groups (broad SMARTS) is 1. The van der Waals surface area contributed by atoms with Crippen molar-refractivity contribution in [2.75, 3.05) is 0 Å². The van der Waals surface area contributed by atoms with Gasteiger partial charge < -0.3 is 15.9 Å². The smallest absolute Gasteiger partial charge is 0.325 e. The van der Waals surface area contributed by atoms with Crippen LogP contribution in [-0.2, 0) is 4.79 Å². The summed E-state index contributed by atoms with van der Waals surface area (Å²) < 4.78 is 0. The Hall–Kier alpha value is -1.26. The third-order valence-electron chi connectivity index (χ3n) is 1.62. The number of phenols is 1. The van der Waals surface area contributed by atoms with E-state index in [2.05, 4.69) is 0 Å². The van der Waals surface area contributed by atoms with E-state index in [1.807, 2.05) is 0 Å². The quantitative estimate of drug-likeness (QED) is 0.670. The number of aromatic hydroxyl groups is 1. The fourth-order valence-electron chi connectivity index (χ4n) is 0.916. The zero-order valence-electron chi connectivity index (χ0n) is 6.57. The minimum atomic E-state index is -1.25. The highest BCUT2D eigenvalue weighted by atomic mass is 35.5. The Kier molecular flexibility index (Phi) is 2.75. The van der Waals surface area contributed by atoms with E-state index in [9.17, 15) is 9.90 Å². The molecular formula is C8H8ClNO3. The van der Waals surface area contributed by atoms with Gasteiger partial charge in [0.2, 0.25) is 0 Å². The Morgan fingerprint density at radius 2 is 2.15 bits per heavy atom. The Balaban J connectivity index is 3.15. The summed E-state index contributed by atoms with van der Waals surface area (Å²) in [5, 5.41) is 18.0. The fourth-order valence-corrected chi connectivity index (χ4v) is 1.10.